The third-order valence-corrected chi connectivity index (χ3v) is 5.27. The highest BCUT2D eigenvalue weighted by molar-refractivity contribution is 7.89. The average molecular weight is 301 g/mol. The molecule has 2 rings (SSSR count). The van der Waals surface area contributed by atoms with E-state index in [4.69, 9.17) is 10.8 Å². The molecular formula is C11H15N3O5S. The van der Waals surface area contributed by atoms with Crippen LogP contribution in [0.4, 0.5) is 11.4 Å². The summed E-state index contributed by atoms with van der Waals surface area (Å²) in [6.45, 7) is 0.473. The fourth-order valence-corrected chi connectivity index (χ4v) is 3.82. The Labute approximate surface area is 116 Å². The van der Waals surface area contributed by atoms with Crippen molar-refractivity contribution in [1.82, 2.24) is 4.31 Å². The van der Waals surface area contributed by atoms with Crippen LogP contribution in [0, 0.1) is 16.0 Å². The zero-order valence-corrected chi connectivity index (χ0v) is 11.4. The van der Waals surface area contributed by atoms with Gasteiger partial charge >= 0.3 is 0 Å². The number of hydrogen-bond donors (Lipinski definition) is 2. The highest BCUT2D eigenvalue weighted by Gasteiger charge is 2.33. The van der Waals surface area contributed by atoms with E-state index in [0.717, 1.165) is 18.2 Å². The predicted octanol–water partition coefficient (Wildman–Crippen LogP) is 0.180. The number of nitrogen functional groups attached to an aromatic ring is 1. The number of nitro groups is 1. The van der Waals surface area contributed by atoms with Gasteiger partial charge in [0.2, 0.25) is 10.0 Å². The second kappa shape index (κ2) is 5.35. The van der Waals surface area contributed by atoms with Crippen LogP contribution in [0.5, 0.6) is 0 Å². The van der Waals surface area contributed by atoms with Gasteiger partial charge in [0, 0.05) is 31.8 Å². The summed E-state index contributed by atoms with van der Waals surface area (Å²) >= 11 is 0. The smallest absolute Gasteiger partial charge is 0.271 e. The van der Waals surface area contributed by atoms with Crippen LogP contribution in [0.25, 0.3) is 0 Å². The number of nitro benzene ring substituents is 1. The molecule has 0 amide bonds. The van der Waals surface area contributed by atoms with Crippen LogP contribution >= 0.6 is 0 Å². The highest BCUT2D eigenvalue weighted by atomic mass is 32.2. The van der Waals surface area contributed by atoms with Crippen molar-refractivity contribution in [3.8, 4) is 0 Å². The lowest BCUT2D eigenvalue weighted by atomic mass is 10.1. The Hall–Kier alpha value is -1.71. The Morgan fingerprint density at radius 3 is 2.70 bits per heavy atom. The third kappa shape index (κ3) is 2.60. The molecule has 1 aliphatic rings. The van der Waals surface area contributed by atoms with Gasteiger partial charge in [0.1, 0.15) is 4.90 Å². The highest BCUT2D eigenvalue weighted by Crippen LogP contribution is 2.29. The van der Waals surface area contributed by atoms with Crippen LogP contribution in [0.3, 0.4) is 0 Å². The maximum atomic E-state index is 12.4. The number of sulfonamides is 1. The number of benzene rings is 1. The van der Waals surface area contributed by atoms with E-state index in [2.05, 4.69) is 0 Å². The third-order valence-electron chi connectivity index (χ3n) is 3.33. The van der Waals surface area contributed by atoms with Gasteiger partial charge in [-0.05, 0) is 18.4 Å². The van der Waals surface area contributed by atoms with Gasteiger partial charge in [-0.1, -0.05) is 0 Å². The summed E-state index contributed by atoms with van der Waals surface area (Å²) in [4.78, 5) is 9.84. The summed E-state index contributed by atoms with van der Waals surface area (Å²) in [7, 11) is -3.78. The van der Waals surface area contributed by atoms with Crippen LogP contribution in [0.1, 0.15) is 6.42 Å². The number of rotatable bonds is 4. The molecule has 1 heterocycles. The van der Waals surface area contributed by atoms with Crippen molar-refractivity contribution >= 4 is 21.4 Å². The maximum absolute atomic E-state index is 12.4. The number of aliphatic hydroxyl groups is 1. The number of aliphatic hydroxyl groups excluding tert-OH is 1. The quantitative estimate of drug-likeness (QED) is 0.464. The van der Waals surface area contributed by atoms with Crippen molar-refractivity contribution in [1.29, 1.82) is 0 Å². The first-order valence-electron chi connectivity index (χ1n) is 6.01. The van der Waals surface area contributed by atoms with Crippen molar-refractivity contribution < 1.29 is 18.4 Å². The van der Waals surface area contributed by atoms with Gasteiger partial charge in [0.05, 0.1) is 10.6 Å². The van der Waals surface area contributed by atoms with Crippen molar-refractivity contribution in [2.75, 3.05) is 25.4 Å². The molecule has 1 atom stereocenters. The van der Waals surface area contributed by atoms with E-state index >= 15 is 0 Å². The summed E-state index contributed by atoms with van der Waals surface area (Å²) in [5.41, 5.74) is 5.22. The minimum Gasteiger partial charge on any atom is -0.397 e. The van der Waals surface area contributed by atoms with Crippen LogP contribution in [0.2, 0.25) is 0 Å². The Kier molecular flexibility index (Phi) is 3.93. The SMILES string of the molecule is Nc1cc([N+](=O)[O-])ccc1S(=O)(=O)N1CCC(CO)C1. The van der Waals surface area contributed by atoms with Gasteiger partial charge in [-0.15, -0.1) is 0 Å². The summed E-state index contributed by atoms with van der Waals surface area (Å²) in [5.74, 6) is -0.0796. The number of nitrogens with zero attached hydrogens (tertiary/aromatic N) is 2. The standard InChI is InChI=1S/C11H15N3O5S/c12-10-5-9(14(16)17)1-2-11(10)20(18,19)13-4-3-8(6-13)7-15/h1-2,5,8,15H,3-4,6-7,12H2. The summed E-state index contributed by atoms with van der Waals surface area (Å²) in [6.07, 6.45) is 0.586. The molecule has 0 radical (unpaired) electrons. The molecule has 1 fully saturated rings. The van der Waals surface area contributed by atoms with Gasteiger partial charge in [-0.3, -0.25) is 10.1 Å². The molecule has 3 N–H and O–H groups in total. The predicted molar refractivity (Wildman–Crippen MR) is 71.5 cm³/mol. The Balaban J connectivity index is 2.33. The van der Waals surface area contributed by atoms with Crippen LogP contribution in [-0.2, 0) is 10.0 Å². The van der Waals surface area contributed by atoms with Crippen molar-refractivity contribution in [2.45, 2.75) is 11.3 Å². The molecule has 0 aliphatic carbocycles. The van der Waals surface area contributed by atoms with E-state index in [0.29, 0.717) is 13.0 Å². The molecule has 1 aliphatic heterocycles. The van der Waals surface area contributed by atoms with Gasteiger partial charge in [-0.25, -0.2) is 8.42 Å². The second-order valence-electron chi connectivity index (χ2n) is 4.68. The summed E-state index contributed by atoms with van der Waals surface area (Å²) in [5, 5.41) is 19.7. The topological polar surface area (TPSA) is 127 Å². The van der Waals surface area contributed by atoms with E-state index in [1.807, 2.05) is 0 Å². The number of nitrogens with two attached hydrogens (primary N) is 1. The fraction of sp³-hybridized carbons (Fsp3) is 0.455. The molecule has 110 valence electrons. The van der Waals surface area contributed by atoms with Gasteiger partial charge in [0.25, 0.3) is 5.69 Å². The zero-order chi connectivity index (χ0) is 14.9. The molecular weight excluding hydrogens is 286 g/mol. The van der Waals surface area contributed by atoms with E-state index in [-0.39, 0.29) is 35.3 Å². The first-order chi connectivity index (χ1) is 9.36. The Morgan fingerprint density at radius 2 is 2.20 bits per heavy atom. The molecule has 8 nitrogen and oxygen atoms in total. The second-order valence-corrected chi connectivity index (χ2v) is 6.59. The molecule has 0 spiro atoms. The molecule has 0 aromatic heterocycles. The Bertz CT molecular complexity index is 631. The summed E-state index contributed by atoms with van der Waals surface area (Å²) < 4.78 is 26.0. The molecule has 0 bridgehead atoms. The average Bonchev–Trinajstić information content (AvgIpc) is 2.87. The number of non-ortho nitro benzene ring substituents is 1. The van der Waals surface area contributed by atoms with Crippen molar-refractivity contribution in [3.63, 3.8) is 0 Å². The maximum Gasteiger partial charge on any atom is 0.271 e. The van der Waals surface area contributed by atoms with Crippen molar-refractivity contribution in [2.24, 2.45) is 5.92 Å². The zero-order valence-electron chi connectivity index (χ0n) is 10.6. The van der Waals surface area contributed by atoms with E-state index in [9.17, 15) is 18.5 Å². The first kappa shape index (κ1) is 14.7. The molecule has 0 saturated carbocycles. The molecule has 1 unspecified atom stereocenters. The normalized spacial score (nSPS) is 20.1. The minimum atomic E-state index is -3.78. The molecule has 9 heteroatoms. The summed E-state index contributed by atoms with van der Waals surface area (Å²) in [6, 6.07) is 3.30. The van der Waals surface area contributed by atoms with E-state index in [1.165, 1.54) is 4.31 Å². The Morgan fingerprint density at radius 1 is 1.50 bits per heavy atom. The fourth-order valence-electron chi connectivity index (χ4n) is 2.19. The largest absolute Gasteiger partial charge is 0.397 e. The molecule has 1 aromatic carbocycles. The lowest BCUT2D eigenvalue weighted by Gasteiger charge is -2.17. The molecule has 20 heavy (non-hydrogen) atoms. The van der Waals surface area contributed by atoms with Crippen LogP contribution in [-0.4, -0.2) is 42.4 Å². The number of anilines is 1. The van der Waals surface area contributed by atoms with Crippen LogP contribution < -0.4 is 5.73 Å². The lowest BCUT2D eigenvalue weighted by molar-refractivity contribution is -0.384. The minimum absolute atomic E-state index is 0.0677. The van der Waals surface area contributed by atoms with Gasteiger partial charge in [-0.2, -0.15) is 4.31 Å². The number of hydrogen-bond acceptors (Lipinski definition) is 6. The van der Waals surface area contributed by atoms with Gasteiger partial charge < -0.3 is 10.8 Å². The van der Waals surface area contributed by atoms with Crippen molar-refractivity contribution in [3.05, 3.63) is 28.3 Å². The van der Waals surface area contributed by atoms with Crippen LogP contribution in [0.15, 0.2) is 23.1 Å². The monoisotopic (exact) mass is 301 g/mol. The first-order valence-corrected chi connectivity index (χ1v) is 7.45. The molecule has 1 saturated heterocycles. The van der Waals surface area contributed by atoms with E-state index < -0.39 is 14.9 Å². The van der Waals surface area contributed by atoms with Gasteiger partial charge in [0.15, 0.2) is 0 Å². The lowest BCUT2D eigenvalue weighted by Crippen LogP contribution is -2.29. The van der Waals surface area contributed by atoms with E-state index in [1.54, 1.807) is 0 Å². The molecule has 1 aromatic rings.